The van der Waals surface area contributed by atoms with Crippen LogP contribution in [0.1, 0.15) is 12.0 Å². The molecule has 10 nitrogen and oxygen atoms in total. The fourth-order valence-electron chi connectivity index (χ4n) is 3.01. The number of ether oxygens (including phenoxy) is 3. The quantitative estimate of drug-likeness (QED) is 0.279. The van der Waals surface area contributed by atoms with Gasteiger partial charge in [0.25, 0.3) is 0 Å². The van der Waals surface area contributed by atoms with Crippen LogP contribution < -0.4 is 24.8 Å². The Labute approximate surface area is 188 Å². The van der Waals surface area contributed by atoms with Gasteiger partial charge in [0.05, 0.1) is 33.2 Å². The Balaban J connectivity index is 1.68. The van der Waals surface area contributed by atoms with Crippen LogP contribution in [-0.2, 0) is 9.59 Å². The predicted molar refractivity (Wildman–Crippen MR) is 122 cm³/mol. The lowest BCUT2D eigenvalue weighted by Gasteiger charge is -2.15. The molecule has 0 radical (unpaired) electrons. The number of methoxy groups -OCH3 is 3. The van der Waals surface area contributed by atoms with Crippen LogP contribution in [0.25, 0.3) is 0 Å². The summed E-state index contributed by atoms with van der Waals surface area (Å²) >= 11 is 0.966. The lowest BCUT2D eigenvalue weighted by atomic mass is 10.2. The second-order valence-corrected chi connectivity index (χ2v) is 7.76. The van der Waals surface area contributed by atoms with Crippen LogP contribution in [0.3, 0.4) is 0 Å². The summed E-state index contributed by atoms with van der Waals surface area (Å²) in [6.45, 7) is 0. The van der Waals surface area contributed by atoms with Crippen LogP contribution in [0.5, 0.6) is 23.0 Å². The van der Waals surface area contributed by atoms with Crippen LogP contribution in [0.2, 0.25) is 0 Å². The Morgan fingerprint density at radius 3 is 2.31 bits per heavy atom. The van der Waals surface area contributed by atoms with Gasteiger partial charge in [-0.05, 0) is 36.4 Å². The highest BCUT2D eigenvalue weighted by Crippen LogP contribution is 2.36. The smallest absolute Gasteiger partial charge is 0.247 e. The molecule has 3 rings (SSSR count). The molecule has 0 saturated carbocycles. The minimum atomic E-state index is -0.697. The zero-order valence-corrected chi connectivity index (χ0v) is 18.5. The summed E-state index contributed by atoms with van der Waals surface area (Å²) < 4.78 is 15.3. The first-order chi connectivity index (χ1) is 15.4. The van der Waals surface area contributed by atoms with Crippen molar-refractivity contribution in [1.82, 2.24) is 0 Å². The van der Waals surface area contributed by atoms with Crippen LogP contribution in [-0.4, -0.2) is 54.9 Å². The summed E-state index contributed by atoms with van der Waals surface area (Å²) in [6.07, 6.45) is 1.39. The molecule has 168 valence electrons. The molecule has 1 aliphatic heterocycles. The van der Waals surface area contributed by atoms with Crippen molar-refractivity contribution in [2.24, 2.45) is 15.9 Å². The average Bonchev–Trinajstić information content (AvgIpc) is 3.07. The van der Waals surface area contributed by atoms with Gasteiger partial charge in [0.2, 0.25) is 17.6 Å². The normalized spacial score (nSPS) is 16.7. The Morgan fingerprint density at radius 1 is 1.12 bits per heavy atom. The predicted octanol–water partition coefficient (Wildman–Crippen LogP) is 2.13. The lowest BCUT2D eigenvalue weighted by molar-refractivity contribution is -0.121. The highest BCUT2D eigenvalue weighted by atomic mass is 32.2. The molecule has 1 saturated heterocycles. The van der Waals surface area contributed by atoms with Crippen molar-refractivity contribution in [2.75, 3.05) is 26.2 Å². The molecule has 1 atom stereocenters. The fraction of sp³-hybridized carbons (Fsp3) is 0.238. The first kappa shape index (κ1) is 22.9. The number of amidine groups is 1. The number of hydrogen-bond acceptors (Lipinski definition) is 9. The van der Waals surface area contributed by atoms with Crippen LogP contribution in [0.15, 0.2) is 46.6 Å². The van der Waals surface area contributed by atoms with E-state index in [1.54, 1.807) is 36.4 Å². The van der Waals surface area contributed by atoms with Crippen molar-refractivity contribution < 1.29 is 28.9 Å². The molecular formula is C21H22N4O6S. The summed E-state index contributed by atoms with van der Waals surface area (Å²) in [5, 5.41) is 17.1. The molecular weight excluding hydrogens is 436 g/mol. The summed E-state index contributed by atoms with van der Waals surface area (Å²) in [6, 6.07) is 9.73. The van der Waals surface area contributed by atoms with Gasteiger partial charge < -0.3 is 25.1 Å². The van der Waals surface area contributed by atoms with Gasteiger partial charge in [-0.25, -0.2) is 4.90 Å². The molecule has 1 heterocycles. The van der Waals surface area contributed by atoms with Crippen LogP contribution in [0.4, 0.5) is 5.69 Å². The van der Waals surface area contributed by atoms with E-state index in [9.17, 15) is 14.7 Å². The maximum absolute atomic E-state index is 12.7. The lowest BCUT2D eigenvalue weighted by Crippen LogP contribution is -2.31. The summed E-state index contributed by atoms with van der Waals surface area (Å²) in [5.41, 5.74) is 6.91. The van der Waals surface area contributed by atoms with Gasteiger partial charge >= 0.3 is 0 Å². The van der Waals surface area contributed by atoms with Crippen LogP contribution in [0, 0.1) is 0 Å². The number of phenols is 1. The van der Waals surface area contributed by atoms with E-state index in [0.29, 0.717) is 17.0 Å². The average molecular weight is 458 g/mol. The van der Waals surface area contributed by atoms with Crippen molar-refractivity contribution in [3.63, 3.8) is 0 Å². The Morgan fingerprint density at radius 2 is 1.75 bits per heavy atom. The number of nitrogens with two attached hydrogens (primary N) is 1. The molecule has 2 amide bonds. The van der Waals surface area contributed by atoms with E-state index in [1.807, 2.05) is 0 Å². The molecule has 0 aromatic heterocycles. The van der Waals surface area contributed by atoms with Gasteiger partial charge in [0.1, 0.15) is 11.0 Å². The number of aromatic hydroxyl groups is 1. The molecule has 0 aliphatic carbocycles. The monoisotopic (exact) mass is 458 g/mol. The molecule has 0 bridgehead atoms. The van der Waals surface area contributed by atoms with Gasteiger partial charge in [0, 0.05) is 12.0 Å². The number of phenolic OH excluding ortho intramolecular Hbond substituents is 1. The standard InChI is InChI=1S/C21H22N4O6S/c1-29-14-6-4-13(5-7-14)25-18(26)10-17(20(25)28)32-21(22)24-23-11-12-8-15(30-2)19(27)16(9-12)31-3/h4-9,11,17,27H,10H2,1-3H3,(H2,22,24)/b23-11+/t17-/m1/s1. The van der Waals surface area contributed by atoms with Gasteiger partial charge in [-0.1, -0.05) is 11.8 Å². The third-order valence-corrected chi connectivity index (χ3v) is 5.54. The summed E-state index contributed by atoms with van der Waals surface area (Å²) in [7, 11) is 4.36. The fourth-order valence-corrected chi connectivity index (χ4v) is 3.83. The van der Waals surface area contributed by atoms with E-state index >= 15 is 0 Å². The van der Waals surface area contributed by atoms with Gasteiger partial charge in [0.15, 0.2) is 16.7 Å². The van der Waals surface area contributed by atoms with Crippen LogP contribution >= 0.6 is 11.8 Å². The van der Waals surface area contributed by atoms with Crippen molar-refractivity contribution in [3.05, 3.63) is 42.0 Å². The number of benzene rings is 2. The highest BCUT2D eigenvalue weighted by Gasteiger charge is 2.40. The SMILES string of the molecule is COc1ccc(N2C(=O)C[C@@H](SC(N)=N/N=C/c3cc(OC)c(O)c(OC)c3)C2=O)cc1. The number of carbonyl (C=O) groups is 2. The number of imide groups is 1. The first-order valence-corrected chi connectivity index (χ1v) is 10.2. The molecule has 1 fully saturated rings. The molecule has 2 aromatic rings. The zero-order valence-electron chi connectivity index (χ0n) is 17.6. The topological polar surface area (TPSA) is 136 Å². The van der Waals surface area contributed by atoms with Gasteiger partial charge in [-0.15, -0.1) is 5.10 Å². The minimum Gasteiger partial charge on any atom is -0.502 e. The molecule has 3 N–H and O–H groups in total. The summed E-state index contributed by atoms with van der Waals surface area (Å²) in [5.74, 6) is 0.225. The highest BCUT2D eigenvalue weighted by molar-refractivity contribution is 8.14. The number of nitrogens with zero attached hydrogens (tertiary/aromatic N) is 3. The number of amides is 2. The molecule has 32 heavy (non-hydrogen) atoms. The maximum atomic E-state index is 12.7. The minimum absolute atomic E-state index is 0.00181. The van der Waals surface area contributed by atoms with E-state index in [1.165, 1.54) is 27.5 Å². The molecule has 11 heteroatoms. The Bertz CT molecular complexity index is 1050. The largest absolute Gasteiger partial charge is 0.502 e. The van der Waals surface area contributed by atoms with E-state index < -0.39 is 5.25 Å². The third-order valence-electron chi connectivity index (χ3n) is 4.56. The van der Waals surface area contributed by atoms with E-state index in [-0.39, 0.29) is 40.7 Å². The first-order valence-electron chi connectivity index (χ1n) is 9.37. The Kier molecular flexibility index (Phi) is 7.21. The number of carbonyl (C=O) groups excluding carboxylic acids is 2. The maximum Gasteiger partial charge on any atom is 0.247 e. The second-order valence-electron chi connectivity index (χ2n) is 6.53. The third kappa shape index (κ3) is 4.94. The molecule has 1 aliphatic rings. The number of anilines is 1. The number of hydrogen-bond donors (Lipinski definition) is 2. The van der Waals surface area contributed by atoms with E-state index in [4.69, 9.17) is 19.9 Å². The van der Waals surface area contributed by atoms with Crippen molar-refractivity contribution in [3.8, 4) is 23.0 Å². The van der Waals surface area contributed by atoms with Crippen molar-refractivity contribution in [1.29, 1.82) is 0 Å². The second kappa shape index (κ2) is 10.1. The molecule has 0 spiro atoms. The Hall–Kier alpha value is -3.73. The van der Waals surface area contributed by atoms with E-state index in [0.717, 1.165) is 16.7 Å². The van der Waals surface area contributed by atoms with Gasteiger partial charge in [-0.2, -0.15) is 5.10 Å². The number of rotatable bonds is 7. The number of thioether (sulfide) groups is 1. The summed E-state index contributed by atoms with van der Waals surface area (Å²) in [4.78, 5) is 26.2. The van der Waals surface area contributed by atoms with Gasteiger partial charge in [-0.3, -0.25) is 9.59 Å². The van der Waals surface area contributed by atoms with Crippen molar-refractivity contribution in [2.45, 2.75) is 11.7 Å². The van der Waals surface area contributed by atoms with E-state index in [2.05, 4.69) is 10.2 Å². The molecule has 0 unspecified atom stereocenters. The van der Waals surface area contributed by atoms with Crippen molar-refractivity contribution >= 4 is 40.6 Å². The zero-order chi connectivity index (χ0) is 23.3. The molecule has 2 aromatic carbocycles.